The summed E-state index contributed by atoms with van der Waals surface area (Å²) in [6.45, 7) is 3.74. The Hall–Kier alpha value is -3.32. The maximum absolute atomic E-state index is 13.5. The summed E-state index contributed by atoms with van der Waals surface area (Å²) in [6.07, 6.45) is 3.62. The van der Waals surface area contributed by atoms with Crippen molar-refractivity contribution in [3.8, 4) is 5.75 Å². The quantitative estimate of drug-likeness (QED) is 0.562. The van der Waals surface area contributed by atoms with Crippen LogP contribution in [0.5, 0.6) is 5.75 Å². The lowest BCUT2D eigenvalue weighted by atomic mass is 9.89. The molecule has 182 valence electrons. The predicted molar refractivity (Wildman–Crippen MR) is 136 cm³/mol. The van der Waals surface area contributed by atoms with Gasteiger partial charge in [-0.3, -0.25) is 9.10 Å². The maximum Gasteiger partial charge on any atom is 0.264 e. The van der Waals surface area contributed by atoms with Gasteiger partial charge in [0.05, 0.1) is 23.2 Å². The van der Waals surface area contributed by atoms with Crippen LogP contribution in [0.1, 0.15) is 48.1 Å². The normalized spacial score (nSPS) is 18.1. The first-order chi connectivity index (χ1) is 16.8. The van der Waals surface area contributed by atoms with Crippen molar-refractivity contribution in [3.05, 3.63) is 89.0 Å². The molecule has 2 atom stereocenters. The Labute approximate surface area is 207 Å². The van der Waals surface area contributed by atoms with Gasteiger partial charge in [-0.05, 0) is 86.1 Å². The summed E-state index contributed by atoms with van der Waals surface area (Å²) in [5.74, 6) is 0.0395. The van der Waals surface area contributed by atoms with Gasteiger partial charge in [-0.15, -0.1) is 0 Å². The fraction of sp³-hybridized carbons (Fsp3) is 0.321. The molecule has 0 aromatic heterocycles. The molecule has 2 aliphatic rings. The first-order valence-electron chi connectivity index (χ1n) is 12.1. The number of anilines is 1. The van der Waals surface area contributed by atoms with Gasteiger partial charge in [0.15, 0.2) is 6.10 Å². The molecule has 1 amide bonds. The molecule has 0 unspecified atom stereocenters. The fourth-order valence-electron chi connectivity index (χ4n) is 4.86. The standard InChI is InChI=1S/C28H30N2O4S/c1-19-12-15-26-25(16-19)30(35(32,33)24-10-4-3-5-11-24)18-27(34-26)28(31)29-20(2)22-14-13-21-8-6-7-9-23(21)17-22/h3-5,10-17,20,27H,6-9,18H2,1-2H3,(H,29,31)/t20-,27+/m0/s1. The van der Waals surface area contributed by atoms with Gasteiger partial charge in [0.25, 0.3) is 15.9 Å². The molecule has 1 N–H and O–H groups in total. The summed E-state index contributed by atoms with van der Waals surface area (Å²) in [7, 11) is -3.88. The van der Waals surface area contributed by atoms with E-state index in [0.29, 0.717) is 11.4 Å². The largest absolute Gasteiger partial charge is 0.476 e. The molecule has 0 radical (unpaired) electrons. The molecule has 1 aliphatic carbocycles. The van der Waals surface area contributed by atoms with Crippen LogP contribution in [0.2, 0.25) is 0 Å². The zero-order valence-corrected chi connectivity index (χ0v) is 20.8. The average molecular weight is 491 g/mol. The van der Waals surface area contributed by atoms with E-state index < -0.39 is 16.1 Å². The van der Waals surface area contributed by atoms with E-state index in [4.69, 9.17) is 4.74 Å². The van der Waals surface area contributed by atoms with Crippen molar-refractivity contribution in [1.29, 1.82) is 0 Å². The van der Waals surface area contributed by atoms with E-state index in [1.165, 1.54) is 28.3 Å². The molecule has 1 heterocycles. The van der Waals surface area contributed by atoms with Gasteiger partial charge in [-0.1, -0.05) is 42.5 Å². The average Bonchev–Trinajstić information content (AvgIpc) is 2.88. The van der Waals surface area contributed by atoms with Crippen LogP contribution in [-0.2, 0) is 27.7 Å². The molecule has 0 spiro atoms. The molecule has 0 bridgehead atoms. The van der Waals surface area contributed by atoms with E-state index in [1.54, 1.807) is 42.5 Å². The van der Waals surface area contributed by atoms with Crippen molar-refractivity contribution in [1.82, 2.24) is 5.32 Å². The predicted octanol–water partition coefficient (Wildman–Crippen LogP) is 4.71. The molecule has 3 aromatic carbocycles. The van der Waals surface area contributed by atoms with E-state index in [-0.39, 0.29) is 23.4 Å². The molecule has 3 aromatic rings. The number of nitrogens with one attached hydrogen (secondary N) is 1. The second kappa shape index (κ2) is 9.38. The second-order valence-corrected chi connectivity index (χ2v) is 11.3. The monoisotopic (exact) mass is 490 g/mol. The number of nitrogens with zero attached hydrogens (tertiary/aromatic N) is 1. The van der Waals surface area contributed by atoms with E-state index >= 15 is 0 Å². The van der Waals surface area contributed by atoms with Gasteiger partial charge in [-0.2, -0.15) is 0 Å². The van der Waals surface area contributed by atoms with Gasteiger partial charge in [0.1, 0.15) is 5.75 Å². The number of sulfonamides is 1. The van der Waals surface area contributed by atoms with E-state index in [2.05, 4.69) is 23.5 Å². The number of hydrogen-bond donors (Lipinski definition) is 1. The van der Waals surface area contributed by atoms with Gasteiger partial charge in [-0.25, -0.2) is 8.42 Å². The summed E-state index contributed by atoms with van der Waals surface area (Å²) in [5.41, 5.74) is 5.14. The number of amides is 1. The molecular formula is C28H30N2O4S. The first kappa shape index (κ1) is 23.4. The molecule has 6 nitrogen and oxygen atoms in total. The third kappa shape index (κ3) is 4.65. The number of ether oxygens (including phenoxy) is 1. The highest BCUT2D eigenvalue weighted by atomic mass is 32.2. The summed E-state index contributed by atoms with van der Waals surface area (Å²) < 4.78 is 34.4. The smallest absolute Gasteiger partial charge is 0.264 e. The van der Waals surface area contributed by atoms with Crippen molar-refractivity contribution in [3.63, 3.8) is 0 Å². The molecule has 7 heteroatoms. The van der Waals surface area contributed by atoms with Gasteiger partial charge in [0, 0.05) is 0 Å². The Kier molecular flexibility index (Phi) is 6.28. The minimum atomic E-state index is -3.88. The van der Waals surface area contributed by atoms with Gasteiger partial charge >= 0.3 is 0 Å². The van der Waals surface area contributed by atoms with Crippen LogP contribution in [0.25, 0.3) is 0 Å². The number of carbonyl (C=O) groups is 1. The van der Waals surface area contributed by atoms with Crippen molar-refractivity contribution in [2.75, 3.05) is 10.8 Å². The highest BCUT2D eigenvalue weighted by Gasteiger charge is 2.38. The van der Waals surface area contributed by atoms with Crippen LogP contribution >= 0.6 is 0 Å². The van der Waals surface area contributed by atoms with Crippen molar-refractivity contribution in [2.24, 2.45) is 0 Å². The molecular weight excluding hydrogens is 460 g/mol. The Morgan fingerprint density at radius 3 is 2.51 bits per heavy atom. The fourth-order valence-corrected chi connectivity index (χ4v) is 6.35. The van der Waals surface area contributed by atoms with E-state index in [0.717, 1.165) is 24.0 Å². The lowest BCUT2D eigenvalue weighted by Crippen LogP contribution is -2.51. The van der Waals surface area contributed by atoms with Gasteiger partial charge < -0.3 is 10.1 Å². The lowest BCUT2D eigenvalue weighted by Gasteiger charge is -2.35. The number of hydrogen-bond acceptors (Lipinski definition) is 4. The van der Waals surface area contributed by atoms with Crippen LogP contribution in [0, 0.1) is 6.92 Å². The highest BCUT2D eigenvalue weighted by Crippen LogP contribution is 2.38. The number of aryl methyl sites for hydroxylation is 3. The topological polar surface area (TPSA) is 75.7 Å². The summed E-state index contributed by atoms with van der Waals surface area (Å²) in [6, 6.07) is 19.8. The first-order valence-corrected chi connectivity index (χ1v) is 13.5. The van der Waals surface area contributed by atoms with Crippen LogP contribution < -0.4 is 14.4 Å². The SMILES string of the molecule is Cc1ccc2c(c1)N(S(=O)(=O)c1ccccc1)C[C@H](C(=O)N[C@@H](C)c1ccc3c(c1)CCCC3)O2. The van der Waals surface area contributed by atoms with Crippen molar-refractivity contribution >= 4 is 21.6 Å². The lowest BCUT2D eigenvalue weighted by molar-refractivity contribution is -0.128. The number of carbonyl (C=O) groups excluding carboxylic acids is 1. The third-order valence-electron chi connectivity index (χ3n) is 6.84. The van der Waals surface area contributed by atoms with E-state index in [1.807, 2.05) is 19.9 Å². The molecule has 35 heavy (non-hydrogen) atoms. The molecule has 0 saturated heterocycles. The summed E-state index contributed by atoms with van der Waals surface area (Å²) >= 11 is 0. The zero-order valence-electron chi connectivity index (χ0n) is 20.0. The Balaban J connectivity index is 1.40. The highest BCUT2D eigenvalue weighted by molar-refractivity contribution is 7.92. The summed E-state index contributed by atoms with van der Waals surface area (Å²) in [5, 5.41) is 3.04. The van der Waals surface area contributed by atoms with Crippen LogP contribution in [0.3, 0.4) is 0 Å². The van der Waals surface area contributed by atoms with E-state index in [9.17, 15) is 13.2 Å². The number of rotatable bonds is 5. The Morgan fingerprint density at radius 2 is 1.74 bits per heavy atom. The Bertz CT molecular complexity index is 1350. The Morgan fingerprint density at radius 1 is 1.00 bits per heavy atom. The minimum absolute atomic E-state index is 0.101. The molecule has 5 rings (SSSR count). The maximum atomic E-state index is 13.5. The second-order valence-electron chi connectivity index (χ2n) is 9.39. The van der Waals surface area contributed by atoms with Crippen LogP contribution in [0.15, 0.2) is 71.6 Å². The van der Waals surface area contributed by atoms with Crippen LogP contribution in [0.4, 0.5) is 5.69 Å². The van der Waals surface area contributed by atoms with Gasteiger partial charge in [0.2, 0.25) is 0 Å². The molecule has 0 saturated carbocycles. The summed E-state index contributed by atoms with van der Waals surface area (Å²) in [4.78, 5) is 13.5. The number of fused-ring (bicyclic) bond motifs is 2. The van der Waals surface area contributed by atoms with Crippen molar-refractivity contribution in [2.45, 2.75) is 56.6 Å². The minimum Gasteiger partial charge on any atom is -0.476 e. The zero-order chi connectivity index (χ0) is 24.6. The third-order valence-corrected chi connectivity index (χ3v) is 8.63. The van der Waals surface area contributed by atoms with Crippen LogP contribution in [-0.4, -0.2) is 27.0 Å². The molecule has 1 aliphatic heterocycles. The molecule has 0 fully saturated rings. The van der Waals surface area contributed by atoms with Crippen molar-refractivity contribution < 1.29 is 17.9 Å². The number of benzene rings is 3.